The Labute approximate surface area is 145 Å². The van der Waals surface area contributed by atoms with Crippen molar-refractivity contribution < 1.29 is 0 Å². The van der Waals surface area contributed by atoms with Crippen molar-refractivity contribution in [2.75, 3.05) is 31.1 Å². The summed E-state index contributed by atoms with van der Waals surface area (Å²) in [5.74, 6) is 0.770. The maximum absolute atomic E-state index is 8.89. The third-order valence-corrected chi connectivity index (χ3v) is 5.39. The molecule has 120 valence electrons. The smallest absolute Gasteiger partial charge is 0.147 e. The molecular formula is C16H18ClN5S. The van der Waals surface area contributed by atoms with Gasteiger partial charge in [0.25, 0.3) is 0 Å². The average molecular weight is 348 g/mol. The van der Waals surface area contributed by atoms with Gasteiger partial charge in [0, 0.05) is 37.3 Å². The molecule has 3 heterocycles. The molecule has 1 aliphatic heterocycles. The molecule has 3 rings (SSSR count). The number of nitrogens with zero attached hydrogens (tertiary/aromatic N) is 5. The molecule has 0 aliphatic carbocycles. The summed E-state index contributed by atoms with van der Waals surface area (Å²) >= 11 is 8.03. The van der Waals surface area contributed by atoms with Gasteiger partial charge in [-0.25, -0.2) is 9.97 Å². The minimum atomic E-state index is 0.492. The molecule has 1 aliphatic rings. The van der Waals surface area contributed by atoms with Crippen LogP contribution in [0.25, 0.3) is 0 Å². The standard InChI is InChI=1S/C16H18ClN5S/c1-11-12(2)23-15(20-11)10-21-3-5-22(6-4-21)16-14(17)7-13(8-18)9-19-16/h7,9H,3-6,10H2,1-2H3. The molecule has 23 heavy (non-hydrogen) atoms. The van der Waals surface area contributed by atoms with Crippen LogP contribution < -0.4 is 4.90 Å². The lowest BCUT2D eigenvalue weighted by Crippen LogP contribution is -2.46. The van der Waals surface area contributed by atoms with Crippen LogP contribution in [-0.4, -0.2) is 41.0 Å². The highest BCUT2D eigenvalue weighted by atomic mass is 35.5. The summed E-state index contributed by atoms with van der Waals surface area (Å²) in [6.07, 6.45) is 1.58. The molecule has 1 saturated heterocycles. The Balaban J connectivity index is 1.61. The lowest BCUT2D eigenvalue weighted by atomic mass is 10.2. The van der Waals surface area contributed by atoms with Gasteiger partial charge in [0.15, 0.2) is 0 Å². The van der Waals surface area contributed by atoms with Crippen molar-refractivity contribution >= 4 is 28.8 Å². The lowest BCUT2D eigenvalue weighted by molar-refractivity contribution is 0.249. The monoisotopic (exact) mass is 347 g/mol. The molecule has 0 atom stereocenters. The summed E-state index contributed by atoms with van der Waals surface area (Å²) in [5, 5.41) is 10.6. The summed E-state index contributed by atoms with van der Waals surface area (Å²) in [6.45, 7) is 8.75. The average Bonchev–Trinajstić information content (AvgIpc) is 2.86. The number of anilines is 1. The van der Waals surface area contributed by atoms with Crippen molar-refractivity contribution in [3.8, 4) is 6.07 Å². The summed E-state index contributed by atoms with van der Waals surface area (Å²) < 4.78 is 0. The van der Waals surface area contributed by atoms with E-state index >= 15 is 0 Å². The molecule has 0 bridgehead atoms. The summed E-state index contributed by atoms with van der Waals surface area (Å²) in [4.78, 5) is 14.8. The van der Waals surface area contributed by atoms with Crippen molar-refractivity contribution in [2.24, 2.45) is 0 Å². The third-order valence-electron chi connectivity index (χ3n) is 4.05. The van der Waals surface area contributed by atoms with E-state index < -0.39 is 0 Å². The molecule has 2 aromatic rings. The van der Waals surface area contributed by atoms with E-state index in [0.717, 1.165) is 44.2 Å². The number of aromatic nitrogens is 2. The highest BCUT2D eigenvalue weighted by Gasteiger charge is 2.21. The number of aryl methyl sites for hydroxylation is 2. The van der Waals surface area contributed by atoms with Gasteiger partial charge in [0.2, 0.25) is 0 Å². The van der Waals surface area contributed by atoms with E-state index in [1.165, 1.54) is 9.88 Å². The highest BCUT2D eigenvalue weighted by molar-refractivity contribution is 7.11. The molecule has 1 fully saturated rings. The van der Waals surface area contributed by atoms with Gasteiger partial charge in [-0.3, -0.25) is 4.90 Å². The molecular weight excluding hydrogens is 330 g/mol. The maximum Gasteiger partial charge on any atom is 0.147 e. The van der Waals surface area contributed by atoms with Crippen LogP contribution in [0.15, 0.2) is 12.3 Å². The molecule has 7 heteroatoms. The van der Waals surface area contributed by atoms with Crippen LogP contribution in [0, 0.1) is 25.2 Å². The Morgan fingerprint density at radius 1 is 1.30 bits per heavy atom. The summed E-state index contributed by atoms with van der Waals surface area (Å²) in [6, 6.07) is 3.74. The molecule has 5 nitrogen and oxygen atoms in total. The van der Waals surface area contributed by atoms with Crippen molar-refractivity contribution in [1.29, 1.82) is 5.26 Å². The zero-order valence-electron chi connectivity index (χ0n) is 13.2. The normalized spacial score (nSPS) is 15.7. The van der Waals surface area contributed by atoms with E-state index in [1.807, 2.05) is 0 Å². The molecule has 0 N–H and O–H groups in total. The van der Waals surface area contributed by atoms with E-state index in [0.29, 0.717) is 10.6 Å². The topological polar surface area (TPSA) is 56.1 Å². The Kier molecular flexibility index (Phi) is 4.81. The molecule has 2 aromatic heterocycles. The van der Waals surface area contributed by atoms with Crippen LogP contribution in [0.4, 0.5) is 5.82 Å². The van der Waals surface area contributed by atoms with Crippen LogP contribution in [-0.2, 0) is 6.54 Å². The van der Waals surface area contributed by atoms with E-state index in [1.54, 1.807) is 23.6 Å². The largest absolute Gasteiger partial charge is 0.353 e. The summed E-state index contributed by atoms with van der Waals surface area (Å²) in [7, 11) is 0. The molecule has 0 amide bonds. The molecule has 0 spiro atoms. The van der Waals surface area contributed by atoms with Crippen molar-refractivity contribution in [3.05, 3.63) is 38.4 Å². The van der Waals surface area contributed by atoms with Crippen molar-refractivity contribution in [1.82, 2.24) is 14.9 Å². The number of nitriles is 1. The van der Waals surface area contributed by atoms with Crippen LogP contribution in [0.3, 0.4) is 0 Å². The maximum atomic E-state index is 8.89. The van der Waals surface area contributed by atoms with Crippen LogP contribution >= 0.6 is 22.9 Å². The number of hydrogen-bond acceptors (Lipinski definition) is 6. The predicted octanol–water partition coefficient (Wildman–Crippen LogP) is 3.00. The minimum absolute atomic E-state index is 0.492. The zero-order valence-corrected chi connectivity index (χ0v) is 14.8. The highest BCUT2D eigenvalue weighted by Crippen LogP contribution is 2.25. The third kappa shape index (κ3) is 3.63. The summed E-state index contributed by atoms with van der Waals surface area (Å²) in [5.41, 5.74) is 1.63. The van der Waals surface area contributed by atoms with Gasteiger partial charge >= 0.3 is 0 Å². The fourth-order valence-electron chi connectivity index (χ4n) is 2.64. The number of rotatable bonds is 3. The zero-order chi connectivity index (χ0) is 16.4. The van der Waals surface area contributed by atoms with Crippen molar-refractivity contribution in [3.63, 3.8) is 0 Å². The Hall–Kier alpha value is -1.68. The van der Waals surface area contributed by atoms with E-state index in [9.17, 15) is 0 Å². The SMILES string of the molecule is Cc1nc(CN2CCN(c3ncc(C#N)cc3Cl)CC2)sc1C. The van der Waals surface area contributed by atoms with Gasteiger partial charge in [-0.2, -0.15) is 5.26 Å². The Morgan fingerprint density at radius 3 is 2.61 bits per heavy atom. The predicted molar refractivity (Wildman–Crippen MR) is 93.0 cm³/mol. The van der Waals surface area contributed by atoms with Gasteiger partial charge < -0.3 is 4.90 Å². The van der Waals surface area contributed by atoms with E-state index in [4.69, 9.17) is 16.9 Å². The second-order valence-corrected chi connectivity index (χ2v) is 7.35. The molecule has 0 aromatic carbocycles. The fourth-order valence-corrected chi connectivity index (χ4v) is 3.90. The van der Waals surface area contributed by atoms with Crippen LogP contribution in [0.2, 0.25) is 5.02 Å². The second-order valence-electron chi connectivity index (χ2n) is 5.65. The number of hydrogen-bond donors (Lipinski definition) is 0. The first-order valence-electron chi connectivity index (χ1n) is 7.52. The number of piperazine rings is 1. The van der Waals surface area contributed by atoms with E-state index in [-0.39, 0.29) is 0 Å². The lowest BCUT2D eigenvalue weighted by Gasteiger charge is -2.35. The molecule has 0 radical (unpaired) electrons. The Bertz CT molecular complexity index is 724. The quantitative estimate of drug-likeness (QED) is 0.854. The van der Waals surface area contributed by atoms with Gasteiger partial charge in [-0.15, -0.1) is 11.3 Å². The fraction of sp³-hybridized carbons (Fsp3) is 0.438. The van der Waals surface area contributed by atoms with Crippen molar-refractivity contribution in [2.45, 2.75) is 20.4 Å². The number of halogens is 1. The molecule has 0 saturated carbocycles. The Morgan fingerprint density at radius 2 is 2.04 bits per heavy atom. The second kappa shape index (κ2) is 6.83. The van der Waals surface area contributed by atoms with Gasteiger partial charge in [0.05, 0.1) is 22.8 Å². The molecule has 0 unspecified atom stereocenters. The number of thiazole rings is 1. The first-order valence-corrected chi connectivity index (χ1v) is 8.72. The van der Waals surface area contributed by atoms with Gasteiger partial charge in [-0.05, 0) is 19.9 Å². The first kappa shape index (κ1) is 16.2. The van der Waals surface area contributed by atoms with Gasteiger partial charge in [-0.1, -0.05) is 11.6 Å². The van der Waals surface area contributed by atoms with Crippen LogP contribution in [0.1, 0.15) is 21.1 Å². The minimum Gasteiger partial charge on any atom is -0.353 e. The van der Waals surface area contributed by atoms with Crippen LogP contribution in [0.5, 0.6) is 0 Å². The van der Waals surface area contributed by atoms with E-state index in [2.05, 4.69) is 39.7 Å². The van der Waals surface area contributed by atoms with Gasteiger partial charge in [0.1, 0.15) is 16.9 Å². The first-order chi connectivity index (χ1) is 11.1. The number of pyridine rings is 1.